The highest BCUT2D eigenvalue weighted by Gasteiger charge is 2.03. The molecule has 0 aliphatic carbocycles. The fourth-order valence-electron chi connectivity index (χ4n) is 0.727. The van der Waals surface area contributed by atoms with Gasteiger partial charge in [-0.15, -0.1) is 0 Å². The lowest BCUT2D eigenvalue weighted by atomic mass is 10.4. The average Bonchev–Trinajstić information content (AvgIpc) is 1.87. The molecule has 0 aliphatic rings. The van der Waals surface area contributed by atoms with Crippen molar-refractivity contribution in [1.82, 2.24) is 10.6 Å². The van der Waals surface area contributed by atoms with Crippen LogP contribution in [0, 0.1) is 0 Å². The molecule has 0 aromatic heterocycles. The Morgan fingerprint density at radius 3 is 2.73 bits per heavy atom. The van der Waals surface area contributed by atoms with Gasteiger partial charge in [0.05, 0.1) is 12.6 Å². The third kappa shape index (κ3) is 5.66. The molecule has 0 bridgehead atoms. The Kier molecular flexibility index (Phi) is 5.56. The van der Waals surface area contributed by atoms with Crippen molar-refractivity contribution >= 4 is 6.03 Å². The van der Waals surface area contributed by atoms with Gasteiger partial charge in [0.15, 0.2) is 0 Å². The van der Waals surface area contributed by atoms with Gasteiger partial charge in [0.25, 0.3) is 0 Å². The van der Waals surface area contributed by atoms with Crippen LogP contribution in [0.1, 0.15) is 13.8 Å². The molecule has 0 saturated carbocycles. The summed E-state index contributed by atoms with van der Waals surface area (Å²) in [5.74, 6) is 0. The summed E-state index contributed by atoms with van der Waals surface area (Å²) in [6, 6.07) is -0.0800. The SMILES string of the molecule is CCNC(=O)NC(C)COC. The molecular weight excluding hydrogens is 144 g/mol. The van der Waals surface area contributed by atoms with Gasteiger partial charge in [-0.05, 0) is 13.8 Å². The van der Waals surface area contributed by atoms with Crippen LogP contribution in [0.25, 0.3) is 0 Å². The summed E-state index contributed by atoms with van der Waals surface area (Å²) in [4.78, 5) is 10.9. The lowest BCUT2D eigenvalue weighted by Gasteiger charge is -2.12. The van der Waals surface area contributed by atoms with Crippen molar-refractivity contribution in [2.24, 2.45) is 0 Å². The third-order valence-electron chi connectivity index (χ3n) is 1.13. The molecule has 0 spiro atoms. The first-order valence-electron chi connectivity index (χ1n) is 3.74. The van der Waals surface area contributed by atoms with Crippen LogP contribution in [0.15, 0.2) is 0 Å². The van der Waals surface area contributed by atoms with Crippen molar-refractivity contribution in [3.8, 4) is 0 Å². The van der Waals surface area contributed by atoms with Gasteiger partial charge in [-0.25, -0.2) is 4.79 Å². The van der Waals surface area contributed by atoms with Crippen molar-refractivity contribution < 1.29 is 9.53 Å². The number of amides is 2. The van der Waals surface area contributed by atoms with E-state index in [-0.39, 0.29) is 12.1 Å². The normalized spacial score (nSPS) is 12.3. The Labute approximate surface area is 67.3 Å². The molecule has 2 amide bonds. The minimum atomic E-state index is -0.142. The molecule has 0 heterocycles. The van der Waals surface area contributed by atoms with Gasteiger partial charge in [-0.2, -0.15) is 0 Å². The van der Waals surface area contributed by atoms with Crippen molar-refractivity contribution in [2.45, 2.75) is 19.9 Å². The van der Waals surface area contributed by atoms with Gasteiger partial charge in [-0.3, -0.25) is 0 Å². The fraction of sp³-hybridized carbons (Fsp3) is 0.857. The second-order valence-corrected chi connectivity index (χ2v) is 2.36. The molecule has 0 aromatic rings. The molecular formula is C7H16N2O2. The Hall–Kier alpha value is -0.770. The first-order valence-corrected chi connectivity index (χ1v) is 3.74. The summed E-state index contributed by atoms with van der Waals surface area (Å²) < 4.78 is 4.84. The monoisotopic (exact) mass is 160 g/mol. The Morgan fingerprint density at radius 2 is 2.27 bits per heavy atom. The lowest BCUT2D eigenvalue weighted by Crippen LogP contribution is -2.42. The third-order valence-corrected chi connectivity index (χ3v) is 1.13. The van der Waals surface area contributed by atoms with Gasteiger partial charge < -0.3 is 15.4 Å². The fourth-order valence-corrected chi connectivity index (χ4v) is 0.727. The Balaban J connectivity index is 3.40. The topological polar surface area (TPSA) is 50.4 Å². The maximum atomic E-state index is 10.9. The standard InChI is InChI=1S/C7H16N2O2/c1-4-8-7(10)9-6(2)5-11-3/h6H,4-5H2,1-3H3,(H2,8,9,10). The number of hydrogen-bond acceptors (Lipinski definition) is 2. The van der Waals surface area contributed by atoms with Crippen molar-refractivity contribution in [1.29, 1.82) is 0 Å². The Bertz CT molecular complexity index is 117. The number of hydrogen-bond donors (Lipinski definition) is 2. The number of ether oxygens (including phenoxy) is 1. The zero-order valence-electron chi connectivity index (χ0n) is 7.31. The van der Waals surface area contributed by atoms with E-state index in [0.717, 1.165) is 0 Å². The molecule has 11 heavy (non-hydrogen) atoms. The molecule has 4 heteroatoms. The summed E-state index contributed by atoms with van der Waals surface area (Å²) in [6.07, 6.45) is 0. The van der Waals surface area contributed by atoms with Crippen molar-refractivity contribution in [3.05, 3.63) is 0 Å². The van der Waals surface area contributed by atoms with E-state index in [1.807, 2.05) is 13.8 Å². The molecule has 4 nitrogen and oxygen atoms in total. The summed E-state index contributed by atoms with van der Waals surface area (Å²) in [6.45, 7) is 4.95. The predicted molar refractivity (Wildman–Crippen MR) is 43.5 cm³/mol. The van der Waals surface area contributed by atoms with Crippen LogP contribution in [0.5, 0.6) is 0 Å². The smallest absolute Gasteiger partial charge is 0.315 e. The number of urea groups is 1. The van der Waals surface area contributed by atoms with E-state index in [9.17, 15) is 4.79 Å². The number of carbonyl (C=O) groups is 1. The first-order chi connectivity index (χ1) is 5.20. The number of rotatable bonds is 4. The maximum absolute atomic E-state index is 10.9. The molecule has 0 fully saturated rings. The summed E-state index contributed by atoms with van der Waals surface area (Å²) in [5, 5.41) is 5.34. The van der Waals surface area contributed by atoms with Crippen LogP contribution in [0.2, 0.25) is 0 Å². The van der Waals surface area contributed by atoms with E-state index < -0.39 is 0 Å². The van der Waals surface area contributed by atoms with Gasteiger partial charge >= 0.3 is 6.03 Å². The molecule has 1 unspecified atom stereocenters. The van der Waals surface area contributed by atoms with E-state index in [2.05, 4.69) is 10.6 Å². The van der Waals surface area contributed by atoms with Crippen LogP contribution in [-0.4, -0.2) is 32.3 Å². The zero-order valence-corrected chi connectivity index (χ0v) is 7.31. The summed E-state index contributed by atoms with van der Waals surface area (Å²) in [5.41, 5.74) is 0. The molecule has 66 valence electrons. The number of nitrogens with one attached hydrogen (secondary N) is 2. The molecule has 2 N–H and O–H groups in total. The van der Waals surface area contributed by atoms with Crippen LogP contribution in [0.3, 0.4) is 0 Å². The van der Waals surface area contributed by atoms with Crippen LogP contribution in [0.4, 0.5) is 4.79 Å². The summed E-state index contributed by atoms with van der Waals surface area (Å²) in [7, 11) is 1.61. The van der Waals surface area contributed by atoms with Gasteiger partial charge in [-0.1, -0.05) is 0 Å². The molecule has 0 aliphatic heterocycles. The first kappa shape index (κ1) is 10.2. The van der Waals surface area contributed by atoms with E-state index in [0.29, 0.717) is 13.2 Å². The zero-order chi connectivity index (χ0) is 8.69. The van der Waals surface area contributed by atoms with Crippen LogP contribution in [-0.2, 0) is 4.74 Å². The average molecular weight is 160 g/mol. The minimum Gasteiger partial charge on any atom is -0.383 e. The quantitative estimate of drug-likeness (QED) is 0.623. The van der Waals surface area contributed by atoms with E-state index in [4.69, 9.17) is 4.74 Å². The second-order valence-electron chi connectivity index (χ2n) is 2.36. The van der Waals surface area contributed by atoms with Crippen molar-refractivity contribution in [3.63, 3.8) is 0 Å². The van der Waals surface area contributed by atoms with E-state index in [1.165, 1.54) is 0 Å². The van der Waals surface area contributed by atoms with Crippen LogP contribution < -0.4 is 10.6 Å². The molecule has 0 saturated heterocycles. The number of methoxy groups -OCH3 is 1. The van der Waals surface area contributed by atoms with Crippen molar-refractivity contribution in [2.75, 3.05) is 20.3 Å². The highest BCUT2D eigenvalue weighted by molar-refractivity contribution is 5.74. The molecule has 0 radical (unpaired) electrons. The highest BCUT2D eigenvalue weighted by atomic mass is 16.5. The molecule has 0 rings (SSSR count). The largest absolute Gasteiger partial charge is 0.383 e. The highest BCUT2D eigenvalue weighted by Crippen LogP contribution is 1.80. The van der Waals surface area contributed by atoms with E-state index >= 15 is 0 Å². The maximum Gasteiger partial charge on any atom is 0.315 e. The molecule has 1 atom stereocenters. The predicted octanol–water partition coefficient (Wildman–Crippen LogP) is 0.340. The van der Waals surface area contributed by atoms with Gasteiger partial charge in [0.2, 0.25) is 0 Å². The lowest BCUT2D eigenvalue weighted by molar-refractivity contribution is 0.171. The Morgan fingerprint density at radius 1 is 1.64 bits per heavy atom. The second kappa shape index (κ2) is 5.97. The number of carbonyl (C=O) groups excluding carboxylic acids is 1. The molecule has 0 aromatic carbocycles. The van der Waals surface area contributed by atoms with E-state index in [1.54, 1.807) is 7.11 Å². The minimum absolute atomic E-state index is 0.0616. The van der Waals surface area contributed by atoms with Gasteiger partial charge in [0.1, 0.15) is 0 Å². The van der Waals surface area contributed by atoms with Gasteiger partial charge in [0, 0.05) is 13.7 Å². The summed E-state index contributed by atoms with van der Waals surface area (Å²) >= 11 is 0. The van der Waals surface area contributed by atoms with Crippen LogP contribution >= 0.6 is 0 Å².